The number of aromatic nitrogens is 1. The maximum absolute atomic E-state index is 10.7. The highest BCUT2D eigenvalue weighted by atomic mass is 32.1. The van der Waals surface area contributed by atoms with Crippen LogP contribution in [0.2, 0.25) is 0 Å². The van der Waals surface area contributed by atoms with Crippen LogP contribution in [-0.2, 0) is 6.54 Å². The molecule has 0 saturated carbocycles. The zero-order valence-electron chi connectivity index (χ0n) is 9.93. The summed E-state index contributed by atoms with van der Waals surface area (Å²) in [5.41, 5.74) is 0.844. The molecule has 4 nitrogen and oxygen atoms in total. The van der Waals surface area contributed by atoms with Crippen LogP contribution in [0.1, 0.15) is 42.2 Å². The number of aromatic carboxylic acids is 1. The predicted octanol–water partition coefficient (Wildman–Crippen LogP) is 2.46. The Morgan fingerprint density at radius 2 is 2.19 bits per heavy atom. The van der Waals surface area contributed by atoms with Gasteiger partial charge < -0.3 is 5.11 Å². The molecule has 0 aromatic carbocycles. The Hall–Kier alpha value is -0.940. The lowest BCUT2D eigenvalue weighted by atomic mass is 10.1. The number of carboxylic acid groups (broad SMARTS) is 1. The smallest absolute Gasteiger partial charge is 0.365 e. The van der Waals surface area contributed by atoms with E-state index in [1.54, 1.807) is 0 Å². The van der Waals surface area contributed by atoms with E-state index in [2.05, 4.69) is 30.8 Å². The van der Waals surface area contributed by atoms with E-state index in [4.69, 9.17) is 5.11 Å². The van der Waals surface area contributed by atoms with E-state index in [1.165, 1.54) is 11.3 Å². The van der Waals surface area contributed by atoms with Crippen molar-refractivity contribution in [3.63, 3.8) is 0 Å². The van der Waals surface area contributed by atoms with Crippen molar-refractivity contribution in [3.05, 3.63) is 16.1 Å². The Balaban J connectivity index is 2.62. The summed E-state index contributed by atoms with van der Waals surface area (Å²) in [5, 5.41) is 10.8. The normalized spacial score (nSPS) is 11.3. The number of hydrogen-bond donors (Lipinski definition) is 1. The average molecular weight is 242 g/mol. The minimum absolute atomic E-state index is 0.174. The van der Waals surface area contributed by atoms with E-state index in [-0.39, 0.29) is 5.01 Å². The molecule has 0 atom stereocenters. The second kappa shape index (κ2) is 5.96. The van der Waals surface area contributed by atoms with Crippen molar-refractivity contribution in [2.24, 2.45) is 0 Å². The van der Waals surface area contributed by atoms with Crippen molar-refractivity contribution in [2.45, 2.75) is 39.3 Å². The maximum Gasteiger partial charge on any atom is 0.365 e. The van der Waals surface area contributed by atoms with Gasteiger partial charge in [0.15, 0.2) is 0 Å². The van der Waals surface area contributed by atoms with Gasteiger partial charge in [-0.3, -0.25) is 4.90 Å². The molecule has 1 aromatic heterocycles. The first-order valence-electron chi connectivity index (χ1n) is 5.46. The van der Waals surface area contributed by atoms with E-state index in [0.717, 1.165) is 25.1 Å². The minimum Gasteiger partial charge on any atom is -0.476 e. The molecule has 0 aliphatic carbocycles. The Morgan fingerprint density at radius 3 is 2.62 bits per heavy atom. The van der Waals surface area contributed by atoms with Gasteiger partial charge in [0.25, 0.3) is 0 Å². The Labute approximate surface area is 99.9 Å². The van der Waals surface area contributed by atoms with Gasteiger partial charge in [-0.15, -0.1) is 11.3 Å². The molecule has 1 aromatic rings. The summed E-state index contributed by atoms with van der Waals surface area (Å²) in [7, 11) is 2.05. The van der Waals surface area contributed by atoms with Gasteiger partial charge in [0.05, 0.1) is 5.69 Å². The largest absolute Gasteiger partial charge is 0.476 e. The van der Waals surface area contributed by atoms with E-state index in [1.807, 2.05) is 5.38 Å². The fourth-order valence-corrected chi connectivity index (χ4v) is 2.42. The topological polar surface area (TPSA) is 53.4 Å². The standard InChI is InChI=1S/C11H18N2O2S/c1-4-9(5-2)13(3)6-8-7-16-10(12-8)11(14)15/h7,9H,4-6H2,1-3H3,(H,14,15). The first-order chi connectivity index (χ1) is 7.58. The summed E-state index contributed by atoms with van der Waals surface area (Å²) < 4.78 is 0. The lowest BCUT2D eigenvalue weighted by molar-refractivity contribution is 0.0696. The van der Waals surface area contributed by atoms with Crippen molar-refractivity contribution in [3.8, 4) is 0 Å². The summed E-state index contributed by atoms with van der Waals surface area (Å²) in [5.74, 6) is -0.943. The molecule has 0 unspecified atom stereocenters. The lowest BCUT2D eigenvalue weighted by Crippen LogP contribution is -2.30. The third kappa shape index (κ3) is 3.28. The molecule has 0 aliphatic heterocycles. The Morgan fingerprint density at radius 1 is 1.56 bits per heavy atom. The third-order valence-corrected chi connectivity index (χ3v) is 3.59. The zero-order valence-corrected chi connectivity index (χ0v) is 10.8. The molecule has 1 N–H and O–H groups in total. The van der Waals surface area contributed by atoms with Crippen LogP contribution < -0.4 is 0 Å². The molecule has 0 aliphatic rings. The molecule has 0 amide bonds. The van der Waals surface area contributed by atoms with Gasteiger partial charge in [0.1, 0.15) is 0 Å². The fraction of sp³-hybridized carbons (Fsp3) is 0.636. The van der Waals surface area contributed by atoms with Crippen molar-refractivity contribution < 1.29 is 9.90 Å². The molecular formula is C11H18N2O2S. The minimum atomic E-state index is -0.943. The van der Waals surface area contributed by atoms with Crippen LogP contribution in [0.25, 0.3) is 0 Å². The SMILES string of the molecule is CCC(CC)N(C)Cc1csc(C(=O)O)n1. The molecule has 1 rings (SSSR count). The van der Waals surface area contributed by atoms with Crippen molar-refractivity contribution in [1.82, 2.24) is 9.88 Å². The second-order valence-corrected chi connectivity index (χ2v) is 4.69. The summed E-state index contributed by atoms with van der Waals surface area (Å²) in [6.07, 6.45) is 2.20. The molecular weight excluding hydrogens is 224 g/mol. The van der Waals surface area contributed by atoms with Gasteiger partial charge >= 0.3 is 5.97 Å². The van der Waals surface area contributed by atoms with E-state index in [9.17, 15) is 4.79 Å². The molecule has 16 heavy (non-hydrogen) atoms. The quantitative estimate of drug-likeness (QED) is 0.832. The van der Waals surface area contributed by atoms with Gasteiger partial charge in [-0.25, -0.2) is 9.78 Å². The van der Waals surface area contributed by atoms with Gasteiger partial charge in [-0.05, 0) is 19.9 Å². The van der Waals surface area contributed by atoms with Crippen LogP contribution in [0.15, 0.2) is 5.38 Å². The first-order valence-corrected chi connectivity index (χ1v) is 6.34. The van der Waals surface area contributed by atoms with E-state index >= 15 is 0 Å². The lowest BCUT2D eigenvalue weighted by Gasteiger charge is -2.24. The number of nitrogens with zero attached hydrogens (tertiary/aromatic N) is 2. The third-order valence-electron chi connectivity index (χ3n) is 2.71. The molecule has 0 radical (unpaired) electrons. The van der Waals surface area contributed by atoms with Gasteiger partial charge in [0.2, 0.25) is 5.01 Å². The van der Waals surface area contributed by atoms with Crippen molar-refractivity contribution >= 4 is 17.3 Å². The molecule has 0 saturated heterocycles. The highest BCUT2D eigenvalue weighted by molar-refractivity contribution is 7.11. The van der Waals surface area contributed by atoms with Crippen LogP contribution in [0.4, 0.5) is 0 Å². The molecule has 1 heterocycles. The summed E-state index contributed by atoms with van der Waals surface area (Å²) in [6.45, 7) is 5.04. The average Bonchev–Trinajstić information content (AvgIpc) is 2.68. The molecule has 0 spiro atoms. The Bertz CT molecular complexity index is 348. The van der Waals surface area contributed by atoms with Gasteiger partial charge in [-0.1, -0.05) is 13.8 Å². The van der Waals surface area contributed by atoms with Crippen molar-refractivity contribution in [2.75, 3.05) is 7.05 Å². The first kappa shape index (κ1) is 13.1. The Kier molecular flexibility index (Phi) is 4.89. The van der Waals surface area contributed by atoms with Gasteiger partial charge in [0, 0.05) is 18.0 Å². The molecule has 90 valence electrons. The summed E-state index contributed by atoms with van der Waals surface area (Å²) in [6, 6.07) is 0.537. The second-order valence-electron chi connectivity index (χ2n) is 3.83. The number of hydrogen-bond acceptors (Lipinski definition) is 4. The van der Waals surface area contributed by atoms with Crippen LogP contribution in [0, 0.1) is 0 Å². The molecule has 5 heteroatoms. The highest BCUT2D eigenvalue weighted by Crippen LogP contribution is 2.14. The molecule has 0 bridgehead atoms. The monoisotopic (exact) mass is 242 g/mol. The molecule has 0 fully saturated rings. The van der Waals surface area contributed by atoms with Crippen LogP contribution in [-0.4, -0.2) is 34.0 Å². The summed E-state index contributed by atoms with van der Waals surface area (Å²) in [4.78, 5) is 17.0. The van der Waals surface area contributed by atoms with Crippen LogP contribution >= 0.6 is 11.3 Å². The van der Waals surface area contributed by atoms with Crippen LogP contribution in [0.3, 0.4) is 0 Å². The summed E-state index contributed by atoms with van der Waals surface area (Å²) >= 11 is 1.19. The predicted molar refractivity (Wildman–Crippen MR) is 64.9 cm³/mol. The van der Waals surface area contributed by atoms with Crippen molar-refractivity contribution in [1.29, 1.82) is 0 Å². The highest BCUT2D eigenvalue weighted by Gasteiger charge is 2.14. The fourth-order valence-electron chi connectivity index (χ4n) is 1.77. The zero-order chi connectivity index (χ0) is 12.1. The number of rotatable bonds is 6. The number of carbonyl (C=O) groups is 1. The number of thiazole rings is 1. The maximum atomic E-state index is 10.7. The van der Waals surface area contributed by atoms with E-state index in [0.29, 0.717) is 6.04 Å². The van der Waals surface area contributed by atoms with E-state index < -0.39 is 5.97 Å². The van der Waals surface area contributed by atoms with Crippen LogP contribution in [0.5, 0.6) is 0 Å². The number of carboxylic acids is 1. The van der Waals surface area contributed by atoms with Gasteiger partial charge in [-0.2, -0.15) is 0 Å².